The number of para-hydroxylation sites is 1. The van der Waals surface area contributed by atoms with Gasteiger partial charge in [0.15, 0.2) is 0 Å². The van der Waals surface area contributed by atoms with E-state index in [0.29, 0.717) is 62.4 Å². The van der Waals surface area contributed by atoms with Crippen LogP contribution in [0.15, 0.2) is 30.5 Å². The van der Waals surface area contributed by atoms with Crippen LogP contribution >= 0.6 is 0 Å². The number of nitrogens with one attached hydrogen (secondary N) is 3. The molecule has 0 spiro atoms. The fourth-order valence-corrected chi connectivity index (χ4v) is 6.21. The van der Waals surface area contributed by atoms with E-state index < -0.39 is 36.0 Å². The van der Waals surface area contributed by atoms with Crippen molar-refractivity contribution in [2.24, 2.45) is 5.92 Å². The zero-order chi connectivity index (χ0) is 31.8. The van der Waals surface area contributed by atoms with Gasteiger partial charge in [-0.3, -0.25) is 24.0 Å². The van der Waals surface area contributed by atoms with E-state index in [1.165, 1.54) is 11.8 Å². The average molecular weight is 610 g/mol. The molecule has 3 N–H and O–H groups in total. The Bertz CT molecular complexity index is 1360. The molecule has 240 valence electrons. The van der Waals surface area contributed by atoms with E-state index in [9.17, 15) is 24.0 Å². The molecule has 0 radical (unpaired) electrons. The number of carbonyl (C=O) groups excluding carboxylic acids is 5. The zero-order valence-electron chi connectivity index (χ0n) is 26.4. The molecule has 2 fully saturated rings. The molecule has 0 bridgehead atoms. The van der Waals surface area contributed by atoms with E-state index in [-0.39, 0.29) is 23.5 Å². The molecule has 11 nitrogen and oxygen atoms in total. The largest absolute Gasteiger partial charge is 0.417 e. The van der Waals surface area contributed by atoms with Crippen LogP contribution in [0.4, 0.5) is 0 Å². The van der Waals surface area contributed by atoms with Gasteiger partial charge in [-0.15, -0.1) is 0 Å². The van der Waals surface area contributed by atoms with Gasteiger partial charge in [0.25, 0.3) is 0 Å². The van der Waals surface area contributed by atoms with Crippen LogP contribution in [0.25, 0.3) is 10.9 Å². The van der Waals surface area contributed by atoms with Crippen LogP contribution in [0.5, 0.6) is 0 Å². The van der Waals surface area contributed by atoms with Gasteiger partial charge in [-0.1, -0.05) is 58.2 Å². The first-order chi connectivity index (χ1) is 21.2. The number of nitrogens with zero attached hydrogens (tertiary/aromatic N) is 2. The maximum atomic E-state index is 14.2. The number of Topliss-reactive ketones (excluding diaryl/α,β-unsaturated/α-hetero) is 1. The molecule has 11 heteroatoms. The standard InChI is InChI=1S/C33H47N5O6/c1-5-21(3)28-33(43)37-19-13-12-18-27(37)31(41)34-25(16-9-7-8-14-22(39)6-2)30(40)36-29(32(42)35-28)24-20-38(44-4)26-17-11-10-15-23(24)26/h10-11,15,17,20-21,25,27-29H,5-9,12-14,16,18-19H2,1-4H3,(H,34,41)(H,35,42)(H,36,40)/t21-,25+,27-,28+,29-/m1/s1. The number of rotatable bonds is 11. The third kappa shape index (κ3) is 7.42. The molecule has 1 aromatic carbocycles. The first-order valence-electron chi connectivity index (χ1n) is 16.1. The van der Waals surface area contributed by atoms with Gasteiger partial charge in [-0.2, -0.15) is 4.73 Å². The monoisotopic (exact) mass is 609 g/mol. The number of hydrogen-bond acceptors (Lipinski definition) is 6. The highest BCUT2D eigenvalue weighted by molar-refractivity contribution is 6.00. The average Bonchev–Trinajstić information content (AvgIpc) is 3.42. The number of aromatic nitrogens is 1. The summed E-state index contributed by atoms with van der Waals surface area (Å²) >= 11 is 0. The predicted molar refractivity (Wildman–Crippen MR) is 166 cm³/mol. The zero-order valence-corrected chi connectivity index (χ0v) is 26.4. The quantitative estimate of drug-likeness (QED) is 0.335. The van der Waals surface area contributed by atoms with Gasteiger partial charge in [0, 0.05) is 30.3 Å². The Kier molecular flexibility index (Phi) is 11.4. The van der Waals surface area contributed by atoms with Crippen LogP contribution in [-0.4, -0.2) is 70.8 Å². The van der Waals surface area contributed by atoms with Gasteiger partial charge in [-0.05, 0) is 44.1 Å². The summed E-state index contributed by atoms with van der Waals surface area (Å²) in [5.74, 6) is -1.63. The van der Waals surface area contributed by atoms with Gasteiger partial charge in [0.05, 0.1) is 11.7 Å². The fourth-order valence-electron chi connectivity index (χ4n) is 6.21. The second kappa shape index (κ2) is 15.2. The van der Waals surface area contributed by atoms with E-state index in [2.05, 4.69) is 16.0 Å². The van der Waals surface area contributed by atoms with Crippen LogP contribution < -0.4 is 20.8 Å². The SMILES string of the molecule is CCC(=O)CCCCC[C@@H]1NC(=O)[C@H]2CCCCN2C(=O)[C@H]([C@H](C)CC)NC(=O)[C@@H](c2cn(OC)c3ccccc23)NC1=O. The molecular formula is C33H47N5O6. The van der Waals surface area contributed by atoms with Crippen molar-refractivity contribution >= 4 is 40.3 Å². The number of hydrogen-bond donors (Lipinski definition) is 3. The number of amides is 4. The molecule has 3 heterocycles. The molecule has 2 aliphatic heterocycles. The highest BCUT2D eigenvalue weighted by atomic mass is 16.6. The summed E-state index contributed by atoms with van der Waals surface area (Å²) in [6.07, 6.45) is 7.70. The van der Waals surface area contributed by atoms with Crippen LogP contribution in [0.2, 0.25) is 0 Å². The van der Waals surface area contributed by atoms with Crippen LogP contribution in [0.3, 0.4) is 0 Å². The maximum Gasteiger partial charge on any atom is 0.247 e. The van der Waals surface area contributed by atoms with E-state index in [0.717, 1.165) is 24.8 Å². The van der Waals surface area contributed by atoms with Crippen molar-refractivity contribution in [2.75, 3.05) is 13.7 Å². The maximum absolute atomic E-state index is 14.2. The molecule has 0 saturated carbocycles. The third-order valence-corrected chi connectivity index (χ3v) is 9.11. The highest BCUT2D eigenvalue weighted by Gasteiger charge is 2.41. The minimum atomic E-state index is -1.15. The molecule has 4 amide bonds. The van der Waals surface area contributed by atoms with Crippen molar-refractivity contribution in [1.82, 2.24) is 25.6 Å². The third-order valence-electron chi connectivity index (χ3n) is 9.11. The summed E-state index contributed by atoms with van der Waals surface area (Å²) in [6, 6.07) is 3.75. The second-order valence-electron chi connectivity index (χ2n) is 12.0. The van der Waals surface area contributed by atoms with Crippen LogP contribution in [0, 0.1) is 5.92 Å². The molecule has 44 heavy (non-hydrogen) atoms. The van der Waals surface area contributed by atoms with Gasteiger partial charge in [-0.25, -0.2) is 0 Å². The Hall–Kier alpha value is -3.89. The van der Waals surface area contributed by atoms with E-state index >= 15 is 0 Å². The Labute approximate surface area is 259 Å². The molecule has 2 aliphatic rings. The number of piperidine rings is 1. The van der Waals surface area contributed by atoms with Crippen LogP contribution in [0.1, 0.15) is 96.6 Å². The highest BCUT2D eigenvalue weighted by Crippen LogP contribution is 2.28. The predicted octanol–water partition coefficient (Wildman–Crippen LogP) is 3.20. The van der Waals surface area contributed by atoms with Crippen molar-refractivity contribution in [3.63, 3.8) is 0 Å². The summed E-state index contributed by atoms with van der Waals surface area (Å²) in [4.78, 5) is 74.7. The lowest BCUT2D eigenvalue weighted by molar-refractivity contribution is -0.147. The molecule has 0 unspecified atom stereocenters. The molecule has 2 aromatic rings. The van der Waals surface area contributed by atoms with Crippen molar-refractivity contribution in [3.05, 3.63) is 36.0 Å². The molecule has 1 aromatic heterocycles. The molecule has 5 atom stereocenters. The van der Waals surface area contributed by atoms with Crippen molar-refractivity contribution in [1.29, 1.82) is 0 Å². The lowest BCUT2D eigenvalue weighted by atomic mass is 9.93. The summed E-state index contributed by atoms with van der Waals surface area (Å²) < 4.78 is 1.53. The number of fused-ring (bicyclic) bond motifs is 2. The van der Waals surface area contributed by atoms with E-state index in [1.54, 1.807) is 11.1 Å². The van der Waals surface area contributed by atoms with Crippen molar-refractivity contribution in [3.8, 4) is 0 Å². The Morgan fingerprint density at radius 3 is 2.48 bits per heavy atom. The fraction of sp³-hybridized carbons (Fsp3) is 0.606. The summed E-state index contributed by atoms with van der Waals surface area (Å²) in [6.45, 7) is 6.11. The number of carbonyl (C=O) groups is 5. The lowest BCUT2D eigenvalue weighted by Gasteiger charge is -2.39. The second-order valence-corrected chi connectivity index (χ2v) is 12.0. The lowest BCUT2D eigenvalue weighted by Crippen LogP contribution is -2.62. The first-order valence-corrected chi connectivity index (χ1v) is 16.1. The Morgan fingerprint density at radius 1 is 0.977 bits per heavy atom. The normalized spacial score (nSPS) is 24.0. The van der Waals surface area contributed by atoms with E-state index in [4.69, 9.17) is 4.84 Å². The molecule has 4 rings (SSSR count). The first kappa shape index (κ1) is 33.0. The van der Waals surface area contributed by atoms with Crippen molar-refractivity contribution in [2.45, 2.75) is 109 Å². The molecular weight excluding hydrogens is 562 g/mol. The summed E-state index contributed by atoms with van der Waals surface area (Å²) in [7, 11) is 1.52. The molecule has 2 saturated heterocycles. The van der Waals surface area contributed by atoms with Gasteiger partial charge >= 0.3 is 0 Å². The van der Waals surface area contributed by atoms with Gasteiger partial charge in [0.2, 0.25) is 23.6 Å². The van der Waals surface area contributed by atoms with Gasteiger partial charge < -0.3 is 25.7 Å². The molecule has 0 aliphatic carbocycles. The topological polar surface area (TPSA) is 139 Å². The minimum absolute atomic E-state index is 0.198. The summed E-state index contributed by atoms with van der Waals surface area (Å²) in [5.41, 5.74) is 1.23. The number of ketones is 1. The smallest absolute Gasteiger partial charge is 0.247 e. The van der Waals surface area contributed by atoms with Crippen molar-refractivity contribution < 1.29 is 28.8 Å². The van der Waals surface area contributed by atoms with Crippen LogP contribution in [-0.2, 0) is 24.0 Å². The number of unbranched alkanes of at least 4 members (excludes halogenated alkanes) is 2. The number of benzene rings is 1. The Morgan fingerprint density at radius 2 is 1.75 bits per heavy atom. The minimum Gasteiger partial charge on any atom is -0.417 e. The van der Waals surface area contributed by atoms with Gasteiger partial charge in [0.1, 0.15) is 37.1 Å². The van der Waals surface area contributed by atoms with E-state index in [1.807, 2.05) is 45.0 Å². The Balaban J connectivity index is 1.72. The summed E-state index contributed by atoms with van der Waals surface area (Å²) in [5, 5.41) is 9.55.